The first-order chi connectivity index (χ1) is 15.6. The summed E-state index contributed by atoms with van der Waals surface area (Å²) in [6.07, 6.45) is 3.64. The Morgan fingerprint density at radius 3 is 2.62 bits per heavy atom. The van der Waals surface area contributed by atoms with Gasteiger partial charge in [0.25, 0.3) is 5.91 Å². The Hall–Kier alpha value is -3.77. The lowest BCUT2D eigenvalue weighted by Crippen LogP contribution is -2.18. The number of carbonyl (C=O) groups is 1. The number of para-hydroxylation sites is 1. The third-order valence-electron chi connectivity index (χ3n) is 5.14. The molecular formula is C25H22ClN3O3. The highest BCUT2D eigenvalue weighted by molar-refractivity contribution is 6.31. The molecule has 0 saturated carbocycles. The second-order valence-corrected chi connectivity index (χ2v) is 7.49. The van der Waals surface area contributed by atoms with Gasteiger partial charge in [0.15, 0.2) is 0 Å². The summed E-state index contributed by atoms with van der Waals surface area (Å²) in [7, 11) is 3.06. The first-order valence-electron chi connectivity index (χ1n) is 9.97. The minimum absolute atomic E-state index is 0.367. The largest absolute Gasteiger partial charge is 0.497 e. The highest BCUT2D eigenvalue weighted by atomic mass is 35.5. The Morgan fingerprint density at radius 1 is 1.06 bits per heavy atom. The van der Waals surface area contributed by atoms with E-state index in [0.29, 0.717) is 23.6 Å². The number of halogens is 1. The third kappa shape index (κ3) is 4.45. The second-order valence-electron chi connectivity index (χ2n) is 7.09. The molecule has 0 radical (unpaired) electrons. The van der Waals surface area contributed by atoms with Crippen molar-refractivity contribution in [1.29, 1.82) is 0 Å². The van der Waals surface area contributed by atoms with Crippen molar-refractivity contribution in [2.45, 2.75) is 6.54 Å². The van der Waals surface area contributed by atoms with Gasteiger partial charge in [-0.15, -0.1) is 0 Å². The number of hydrogen-bond donors (Lipinski definition) is 1. The van der Waals surface area contributed by atoms with Crippen molar-refractivity contribution in [3.63, 3.8) is 0 Å². The molecule has 162 valence electrons. The van der Waals surface area contributed by atoms with Crippen molar-refractivity contribution in [3.8, 4) is 11.5 Å². The van der Waals surface area contributed by atoms with E-state index in [1.165, 1.54) is 7.11 Å². The van der Waals surface area contributed by atoms with Gasteiger partial charge in [0.2, 0.25) is 0 Å². The summed E-state index contributed by atoms with van der Waals surface area (Å²) < 4.78 is 12.6. The fourth-order valence-electron chi connectivity index (χ4n) is 3.53. The van der Waals surface area contributed by atoms with Gasteiger partial charge in [-0.3, -0.25) is 4.79 Å². The molecule has 32 heavy (non-hydrogen) atoms. The molecule has 0 aliphatic rings. The van der Waals surface area contributed by atoms with Crippen LogP contribution in [0.5, 0.6) is 11.5 Å². The van der Waals surface area contributed by atoms with E-state index in [1.807, 2.05) is 54.7 Å². The number of carbonyl (C=O) groups excluding carboxylic acids is 1. The lowest BCUT2D eigenvalue weighted by molar-refractivity contribution is 0.0952. The molecule has 1 heterocycles. The van der Waals surface area contributed by atoms with E-state index in [2.05, 4.69) is 15.1 Å². The molecule has 0 bridgehead atoms. The SMILES string of the molecule is COc1ccc(C(=O)NN=Cc2cn(Cc3ccccc3Cl)c3ccccc23)c(OC)c1. The number of nitrogens with zero attached hydrogens (tertiary/aromatic N) is 2. The molecule has 4 aromatic rings. The summed E-state index contributed by atoms with van der Waals surface area (Å²) >= 11 is 6.35. The Labute approximate surface area is 191 Å². The molecule has 1 aromatic heterocycles. The molecule has 1 N–H and O–H groups in total. The molecule has 0 fully saturated rings. The average Bonchev–Trinajstić information content (AvgIpc) is 3.17. The molecule has 0 aliphatic carbocycles. The monoisotopic (exact) mass is 447 g/mol. The number of rotatable bonds is 7. The highest BCUT2D eigenvalue weighted by Gasteiger charge is 2.13. The fraction of sp³-hybridized carbons (Fsp3) is 0.120. The molecule has 0 spiro atoms. The van der Waals surface area contributed by atoms with Crippen LogP contribution in [0.4, 0.5) is 0 Å². The summed E-state index contributed by atoms with van der Waals surface area (Å²) in [6.45, 7) is 0.628. The van der Waals surface area contributed by atoms with Gasteiger partial charge in [0, 0.05) is 40.3 Å². The van der Waals surface area contributed by atoms with Gasteiger partial charge >= 0.3 is 0 Å². The lowest BCUT2D eigenvalue weighted by Gasteiger charge is -2.08. The maximum atomic E-state index is 12.6. The minimum Gasteiger partial charge on any atom is -0.497 e. The number of fused-ring (bicyclic) bond motifs is 1. The van der Waals surface area contributed by atoms with Gasteiger partial charge < -0.3 is 14.0 Å². The first kappa shape index (κ1) is 21.5. The predicted octanol–water partition coefficient (Wildman–Crippen LogP) is 5.12. The van der Waals surface area contributed by atoms with Crippen LogP contribution in [0.15, 0.2) is 78.0 Å². The zero-order valence-electron chi connectivity index (χ0n) is 17.7. The zero-order valence-corrected chi connectivity index (χ0v) is 18.5. The molecule has 0 aliphatic heterocycles. The average molecular weight is 448 g/mol. The quantitative estimate of drug-likeness (QED) is 0.316. The Morgan fingerprint density at radius 2 is 1.84 bits per heavy atom. The minimum atomic E-state index is -0.374. The van der Waals surface area contributed by atoms with Gasteiger partial charge in [-0.25, -0.2) is 5.43 Å². The number of aromatic nitrogens is 1. The van der Waals surface area contributed by atoms with Crippen LogP contribution in [0, 0.1) is 0 Å². The van der Waals surface area contributed by atoms with Crippen molar-refractivity contribution in [1.82, 2.24) is 9.99 Å². The Kier molecular flexibility index (Phi) is 6.42. The third-order valence-corrected chi connectivity index (χ3v) is 5.51. The van der Waals surface area contributed by atoms with Crippen LogP contribution in [0.25, 0.3) is 10.9 Å². The van der Waals surface area contributed by atoms with Crippen LogP contribution in [-0.2, 0) is 6.54 Å². The topological polar surface area (TPSA) is 64.8 Å². The zero-order chi connectivity index (χ0) is 22.5. The van der Waals surface area contributed by atoms with Crippen LogP contribution >= 0.6 is 11.6 Å². The number of methoxy groups -OCH3 is 2. The van der Waals surface area contributed by atoms with E-state index >= 15 is 0 Å². The van der Waals surface area contributed by atoms with Gasteiger partial charge in [-0.05, 0) is 29.8 Å². The van der Waals surface area contributed by atoms with Crippen LogP contribution in [0.1, 0.15) is 21.5 Å². The maximum Gasteiger partial charge on any atom is 0.275 e. The normalized spacial score (nSPS) is 11.1. The van der Waals surface area contributed by atoms with Crippen molar-refractivity contribution in [2.24, 2.45) is 5.10 Å². The van der Waals surface area contributed by atoms with Crippen LogP contribution in [0.2, 0.25) is 5.02 Å². The maximum absolute atomic E-state index is 12.6. The number of hydrogen-bond acceptors (Lipinski definition) is 4. The fourth-order valence-corrected chi connectivity index (χ4v) is 3.72. The summed E-state index contributed by atoms with van der Waals surface area (Å²) in [6, 6.07) is 20.8. The van der Waals surface area contributed by atoms with E-state index in [9.17, 15) is 4.79 Å². The van der Waals surface area contributed by atoms with Crippen molar-refractivity contribution in [3.05, 3.63) is 94.6 Å². The smallest absolute Gasteiger partial charge is 0.275 e. The molecule has 4 rings (SSSR count). The van der Waals surface area contributed by atoms with E-state index in [-0.39, 0.29) is 5.91 Å². The van der Waals surface area contributed by atoms with Gasteiger partial charge in [-0.2, -0.15) is 5.10 Å². The van der Waals surface area contributed by atoms with E-state index in [0.717, 1.165) is 27.1 Å². The molecule has 0 saturated heterocycles. The van der Waals surface area contributed by atoms with Gasteiger partial charge in [0.1, 0.15) is 11.5 Å². The van der Waals surface area contributed by atoms with E-state index in [1.54, 1.807) is 31.5 Å². The number of hydrazone groups is 1. The molecule has 3 aromatic carbocycles. The Bertz CT molecular complexity index is 1300. The molecule has 6 nitrogen and oxygen atoms in total. The Balaban J connectivity index is 1.57. The molecule has 0 atom stereocenters. The number of ether oxygens (including phenoxy) is 2. The van der Waals surface area contributed by atoms with Crippen LogP contribution in [-0.4, -0.2) is 30.9 Å². The number of amides is 1. The summed E-state index contributed by atoms with van der Waals surface area (Å²) in [5.74, 6) is 0.641. The van der Waals surface area contributed by atoms with Crippen molar-refractivity contribution in [2.75, 3.05) is 14.2 Å². The van der Waals surface area contributed by atoms with Crippen LogP contribution in [0.3, 0.4) is 0 Å². The standard InChI is InChI=1S/C25H22ClN3O3/c1-31-19-11-12-21(24(13-19)32-2)25(30)28-27-14-18-16-29(23-10-6-4-8-20(18)23)15-17-7-3-5-9-22(17)26/h3-14,16H,15H2,1-2H3,(H,28,30). The highest BCUT2D eigenvalue weighted by Crippen LogP contribution is 2.25. The van der Waals surface area contributed by atoms with Crippen LogP contribution < -0.4 is 14.9 Å². The summed E-state index contributed by atoms with van der Waals surface area (Å²) in [5, 5.41) is 5.92. The second kappa shape index (κ2) is 9.58. The molecule has 1 amide bonds. The number of benzene rings is 3. The first-order valence-corrected chi connectivity index (χ1v) is 10.3. The van der Waals surface area contributed by atoms with Gasteiger partial charge in [0.05, 0.1) is 26.0 Å². The molecule has 0 unspecified atom stereocenters. The van der Waals surface area contributed by atoms with E-state index < -0.39 is 0 Å². The molecule has 7 heteroatoms. The van der Waals surface area contributed by atoms with E-state index in [4.69, 9.17) is 21.1 Å². The van der Waals surface area contributed by atoms with Crippen molar-refractivity contribution < 1.29 is 14.3 Å². The summed E-state index contributed by atoms with van der Waals surface area (Å²) in [5.41, 5.74) is 5.90. The predicted molar refractivity (Wildman–Crippen MR) is 127 cm³/mol. The van der Waals surface area contributed by atoms with Crippen molar-refractivity contribution >= 4 is 34.6 Å². The lowest BCUT2D eigenvalue weighted by atomic mass is 10.2. The van der Waals surface area contributed by atoms with Gasteiger partial charge in [-0.1, -0.05) is 48.0 Å². The molecular weight excluding hydrogens is 426 g/mol. The number of nitrogens with one attached hydrogen (secondary N) is 1. The summed E-state index contributed by atoms with van der Waals surface area (Å²) in [4.78, 5) is 12.6.